The smallest absolute Gasteiger partial charge is 0.224 e. The standard InChI is InChI=1S/C19H24N2O3S/c1-14(2)11-18(16-5-4-10-20-13-16)21-19(22)12-15-6-8-17(9-7-15)25(3,23)24/h4-10,13-14,18H,11-12H2,1-3H3,(H,21,22). The minimum Gasteiger partial charge on any atom is -0.349 e. The Labute approximate surface area is 149 Å². The third kappa shape index (κ3) is 5.98. The van der Waals surface area contributed by atoms with Crippen molar-refractivity contribution in [3.8, 4) is 0 Å². The Bertz CT molecular complexity index is 800. The normalized spacial score (nSPS) is 12.8. The van der Waals surface area contributed by atoms with Gasteiger partial charge in [0.05, 0.1) is 17.4 Å². The summed E-state index contributed by atoms with van der Waals surface area (Å²) in [6.45, 7) is 4.22. The summed E-state index contributed by atoms with van der Waals surface area (Å²) < 4.78 is 23.0. The average Bonchev–Trinajstić information content (AvgIpc) is 2.54. The SMILES string of the molecule is CC(C)CC(NC(=O)Cc1ccc(S(C)(=O)=O)cc1)c1cccnc1. The van der Waals surface area contributed by atoms with Crippen LogP contribution < -0.4 is 5.32 Å². The highest BCUT2D eigenvalue weighted by Crippen LogP contribution is 2.20. The van der Waals surface area contributed by atoms with Gasteiger partial charge in [-0.2, -0.15) is 0 Å². The molecule has 0 aliphatic carbocycles. The lowest BCUT2D eigenvalue weighted by molar-refractivity contribution is -0.121. The van der Waals surface area contributed by atoms with E-state index in [1.165, 1.54) is 18.4 Å². The number of benzene rings is 1. The van der Waals surface area contributed by atoms with E-state index in [4.69, 9.17) is 0 Å². The number of sulfone groups is 1. The van der Waals surface area contributed by atoms with Gasteiger partial charge in [-0.15, -0.1) is 0 Å². The van der Waals surface area contributed by atoms with E-state index in [0.29, 0.717) is 5.92 Å². The lowest BCUT2D eigenvalue weighted by atomic mass is 9.98. The zero-order valence-corrected chi connectivity index (χ0v) is 15.6. The zero-order valence-electron chi connectivity index (χ0n) is 14.8. The second-order valence-electron chi connectivity index (χ2n) is 6.63. The van der Waals surface area contributed by atoms with Crippen LogP contribution in [0.5, 0.6) is 0 Å². The van der Waals surface area contributed by atoms with Crippen molar-refractivity contribution < 1.29 is 13.2 Å². The van der Waals surface area contributed by atoms with Gasteiger partial charge in [0.15, 0.2) is 9.84 Å². The van der Waals surface area contributed by atoms with E-state index in [1.807, 2.05) is 12.1 Å². The Morgan fingerprint density at radius 3 is 2.36 bits per heavy atom. The van der Waals surface area contributed by atoms with Crippen molar-refractivity contribution in [2.45, 2.75) is 37.6 Å². The predicted molar refractivity (Wildman–Crippen MR) is 97.8 cm³/mol. The average molecular weight is 360 g/mol. The van der Waals surface area contributed by atoms with E-state index in [9.17, 15) is 13.2 Å². The lowest BCUT2D eigenvalue weighted by Crippen LogP contribution is -2.30. The maximum atomic E-state index is 12.4. The maximum absolute atomic E-state index is 12.4. The van der Waals surface area contributed by atoms with Gasteiger partial charge in [-0.25, -0.2) is 8.42 Å². The van der Waals surface area contributed by atoms with Crippen molar-refractivity contribution in [2.24, 2.45) is 5.92 Å². The Balaban J connectivity index is 2.06. The first-order valence-electron chi connectivity index (χ1n) is 8.24. The molecule has 2 rings (SSSR count). The molecule has 134 valence electrons. The van der Waals surface area contributed by atoms with Crippen molar-refractivity contribution in [3.63, 3.8) is 0 Å². The van der Waals surface area contributed by atoms with Crippen LogP contribution in [0.25, 0.3) is 0 Å². The number of carbonyl (C=O) groups excluding carboxylic acids is 1. The fourth-order valence-corrected chi connectivity index (χ4v) is 3.25. The number of amides is 1. The number of aromatic nitrogens is 1. The second kappa shape index (κ2) is 8.25. The highest BCUT2D eigenvalue weighted by Gasteiger charge is 2.17. The Morgan fingerprint density at radius 2 is 1.84 bits per heavy atom. The van der Waals surface area contributed by atoms with E-state index >= 15 is 0 Å². The number of hydrogen-bond acceptors (Lipinski definition) is 4. The van der Waals surface area contributed by atoms with E-state index in [2.05, 4.69) is 24.1 Å². The molecule has 5 nitrogen and oxygen atoms in total. The van der Waals surface area contributed by atoms with Gasteiger partial charge in [-0.3, -0.25) is 9.78 Å². The fraction of sp³-hybridized carbons (Fsp3) is 0.368. The van der Waals surface area contributed by atoms with Crippen molar-refractivity contribution in [2.75, 3.05) is 6.26 Å². The summed E-state index contributed by atoms with van der Waals surface area (Å²) in [5.41, 5.74) is 1.76. The lowest BCUT2D eigenvalue weighted by Gasteiger charge is -2.21. The van der Waals surface area contributed by atoms with Crippen LogP contribution in [0.2, 0.25) is 0 Å². The molecule has 0 saturated heterocycles. The zero-order chi connectivity index (χ0) is 18.4. The molecule has 0 fully saturated rings. The molecular formula is C19H24N2O3S. The third-order valence-electron chi connectivity index (χ3n) is 3.85. The molecule has 0 bridgehead atoms. The molecule has 2 aromatic rings. The highest BCUT2D eigenvalue weighted by atomic mass is 32.2. The molecule has 6 heteroatoms. The Morgan fingerprint density at radius 1 is 1.16 bits per heavy atom. The third-order valence-corrected chi connectivity index (χ3v) is 4.97. The first-order chi connectivity index (χ1) is 11.8. The van der Waals surface area contributed by atoms with Gasteiger partial charge in [0.1, 0.15) is 0 Å². The Hall–Kier alpha value is -2.21. The van der Waals surface area contributed by atoms with Gasteiger partial charge in [0, 0.05) is 18.6 Å². The minimum atomic E-state index is -3.22. The summed E-state index contributed by atoms with van der Waals surface area (Å²) in [5, 5.41) is 3.06. The molecule has 0 radical (unpaired) electrons. The molecule has 1 heterocycles. The van der Waals surface area contributed by atoms with Crippen LogP contribution in [-0.2, 0) is 21.1 Å². The molecule has 1 aromatic heterocycles. The van der Waals surface area contributed by atoms with Gasteiger partial charge in [-0.05, 0) is 41.7 Å². The van der Waals surface area contributed by atoms with E-state index in [-0.39, 0.29) is 23.3 Å². The monoisotopic (exact) mass is 360 g/mol. The van der Waals surface area contributed by atoms with Crippen LogP contribution in [0, 0.1) is 5.92 Å². The van der Waals surface area contributed by atoms with Gasteiger partial charge >= 0.3 is 0 Å². The molecule has 0 saturated carbocycles. The summed E-state index contributed by atoms with van der Waals surface area (Å²) in [6, 6.07) is 10.2. The first-order valence-corrected chi connectivity index (χ1v) is 10.1. The van der Waals surface area contributed by atoms with Gasteiger partial charge in [0.2, 0.25) is 5.91 Å². The predicted octanol–water partition coefficient (Wildman–Crippen LogP) is 2.93. The number of hydrogen-bond donors (Lipinski definition) is 1. The first kappa shape index (κ1) is 19.1. The van der Waals surface area contributed by atoms with Crippen LogP contribution in [0.4, 0.5) is 0 Å². The number of nitrogens with one attached hydrogen (secondary N) is 1. The Kier molecular flexibility index (Phi) is 6.31. The van der Waals surface area contributed by atoms with Gasteiger partial charge in [-0.1, -0.05) is 32.0 Å². The van der Waals surface area contributed by atoms with E-state index in [1.54, 1.807) is 24.5 Å². The number of carbonyl (C=O) groups is 1. The largest absolute Gasteiger partial charge is 0.349 e. The van der Waals surface area contributed by atoms with Crippen molar-refractivity contribution in [1.82, 2.24) is 10.3 Å². The highest BCUT2D eigenvalue weighted by molar-refractivity contribution is 7.90. The molecule has 25 heavy (non-hydrogen) atoms. The van der Waals surface area contributed by atoms with E-state index < -0.39 is 9.84 Å². The van der Waals surface area contributed by atoms with Gasteiger partial charge < -0.3 is 5.32 Å². The molecule has 1 unspecified atom stereocenters. The van der Waals surface area contributed by atoms with Crippen molar-refractivity contribution in [1.29, 1.82) is 0 Å². The minimum absolute atomic E-state index is 0.0866. The summed E-state index contributed by atoms with van der Waals surface area (Å²) in [6.07, 6.45) is 5.68. The topological polar surface area (TPSA) is 76.1 Å². The molecule has 1 N–H and O–H groups in total. The summed E-state index contributed by atoms with van der Waals surface area (Å²) >= 11 is 0. The van der Waals surface area contributed by atoms with Crippen LogP contribution in [0.3, 0.4) is 0 Å². The van der Waals surface area contributed by atoms with Crippen LogP contribution in [0.1, 0.15) is 37.4 Å². The maximum Gasteiger partial charge on any atom is 0.224 e. The number of rotatable bonds is 7. The summed E-state index contributed by atoms with van der Waals surface area (Å²) in [4.78, 5) is 16.8. The van der Waals surface area contributed by atoms with E-state index in [0.717, 1.165) is 17.5 Å². The van der Waals surface area contributed by atoms with Crippen molar-refractivity contribution in [3.05, 3.63) is 59.9 Å². The molecule has 1 amide bonds. The summed E-state index contributed by atoms with van der Waals surface area (Å²) in [5.74, 6) is 0.334. The second-order valence-corrected chi connectivity index (χ2v) is 8.64. The molecule has 1 atom stereocenters. The molecule has 0 aliphatic heterocycles. The number of pyridine rings is 1. The molecule has 1 aromatic carbocycles. The quantitative estimate of drug-likeness (QED) is 0.824. The number of nitrogens with zero attached hydrogens (tertiary/aromatic N) is 1. The summed E-state index contributed by atoms with van der Waals surface area (Å²) in [7, 11) is -3.22. The molecule has 0 spiro atoms. The molecule has 0 aliphatic rings. The fourth-order valence-electron chi connectivity index (χ4n) is 2.62. The van der Waals surface area contributed by atoms with Crippen LogP contribution in [0.15, 0.2) is 53.7 Å². The van der Waals surface area contributed by atoms with Gasteiger partial charge in [0.25, 0.3) is 0 Å². The van der Waals surface area contributed by atoms with Crippen molar-refractivity contribution >= 4 is 15.7 Å². The van der Waals surface area contributed by atoms with Crippen LogP contribution in [-0.4, -0.2) is 25.6 Å². The van der Waals surface area contributed by atoms with Crippen LogP contribution >= 0.6 is 0 Å². The molecular weight excluding hydrogens is 336 g/mol.